The molecule has 1 atom stereocenters. The molecule has 1 saturated heterocycles. The van der Waals surface area contributed by atoms with Crippen LogP contribution in [0.2, 0.25) is 0 Å². The van der Waals surface area contributed by atoms with Gasteiger partial charge in [0.05, 0.1) is 18.2 Å². The first kappa shape index (κ1) is 24.0. The molecule has 2 heterocycles. The Bertz CT molecular complexity index is 1180. The molecule has 0 radical (unpaired) electrons. The number of anilines is 1. The van der Waals surface area contributed by atoms with E-state index in [1.807, 2.05) is 45.0 Å². The van der Waals surface area contributed by atoms with Gasteiger partial charge in [-0.05, 0) is 57.1 Å². The van der Waals surface area contributed by atoms with Gasteiger partial charge >= 0.3 is 5.76 Å². The smallest absolute Gasteiger partial charge is 0.419 e. The number of carbonyl (C=O) groups excluding carboxylic acids is 1. The molecule has 0 unspecified atom stereocenters. The second-order valence-corrected chi connectivity index (χ2v) is 9.22. The van der Waals surface area contributed by atoms with Gasteiger partial charge in [-0.15, -0.1) is 0 Å². The Morgan fingerprint density at radius 1 is 1.18 bits per heavy atom. The number of likely N-dealkylation sites (N-methyl/N-ethyl adjacent to an activating group) is 1. The largest absolute Gasteiger partial charge is 0.491 e. The van der Waals surface area contributed by atoms with Crippen LogP contribution in [0.3, 0.4) is 0 Å². The lowest BCUT2D eigenvalue weighted by Crippen LogP contribution is -2.48. The first-order valence-electron chi connectivity index (χ1n) is 12.0. The minimum Gasteiger partial charge on any atom is -0.491 e. The zero-order valence-corrected chi connectivity index (χ0v) is 20.4. The van der Waals surface area contributed by atoms with Crippen LogP contribution in [0.1, 0.15) is 38.8 Å². The van der Waals surface area contributed by atoms with E-state index in [1.54, 1.807) is 10.6 Å². The lowest BCUT2D eigenvalue weighted by Gasteiger charge is -2.39. The standard InChI is InChI=1S/C26H34N4O4/c1-5-12-30-22-11-8-20(15-24(22)34-26(30)32)27-25(31)17-29-14-13-28(4)23(16-29)19-6-9-21(10-7-19)33-18(2)3/h6-11,15,18,23H,5,12-14,16-17H2,1-4H3,(H,27,31)/t23-/m0/s1. The number of hydrogen-bond acceptors (Lipinski definition) is 6. The van der Waals surface area contributed by atoms with Gasteiger partial charge in [0.25, 0.3) is 0 Å². The molecule has 8 heteroatoms. The van der Waals surface area contributed by atoms with Crippen molar-refractivity contribution in [2.45, 2.75) is 45.9 Å². The van der Waals surface area contributed by atoms with E-state index in [9.17, 15) is 9.59 Å². The number of carbonyl (C=O) groups is 1. The fourth-order valence-corrected chi connectivity index (χ4v) is 4.46. The fraction of sp³-hybridized carbons (Fsp3) is 0.462. The maximum absolute atomic E-state index is 12.8. The van der Waals surface area contributed by atoms with Crippen molar-refractivity contribution in [3.05, 3.63) is 58.6 Å². The third kappa shape index (κ3) is 5.51. The van der Waals surface area contributed by atoms with Gasteiger partial charge in [-0.1, -0.05) is 19.1 Å². The lowest BCUT2D eigenvalue weighted by molar-refractivity contribution is -0.118. The monoisotopic (exact) mass is 466 g/mol. The summed E-state index contributed by atoms with van der Waals surface area (Å²) in [5, 5.41) is 2.95. The molecule has 2 aromatic carbocycles. The Balaban J connectivity index is 1.38. The van der Waals surface area contributed by atoms with Crippen LogP contribution in [0.15, 0.2) is 51.7 Å². The number of nitrogens with one attached hydrogen (secondary N) is 1. The molecule has 1 aliphatic rings. The Kier molecular flexibility index (Phi) is 7.38. The highest BCUT2D eigenvalue weighted by Crippen LogP contribution is 2.26. The number of fused-ring (bicyclic) bond motifs is 1. The quantitative estimate of drug-likeness (QED) is 0.545. The molecule has 1 aliphatic heterocycles. The summed E-state index contributed by atoms with van der Waals surface area (Å²) in [4.78, 5) is 29.3. The molecule has 1 aromatic heterocycles. The van der Waals surface area contributed by atoms with E-state index >= 15 is 0 Å². The molecule has 1 amide bonds. The third-order valence-corrected chi connectivity index (χ3v) is 6.14. The van der Waals surface area contributed by atoms with Crippen molar-refractivity contribution >= 4 is 22.7 Å². The highest BCUT2D eigenvalue weighted by atomic mass is 16.5. The summed E-state index contributed by atoms with van der Waals surface area (Å²) >= 11 is 0. The van der Waals surface area contributed by atoms with Crippen LogP contribution >= 0.6 is 0 Å². The third-order valence-electron chi connectivity index (χ3n) is 6.14. The number of rotatable bonds is 8. The number of nitrogens with zero attached hydrogens (tertiary/aromatic N) is 3. The molecule has 1 N–H and O–H groups in total. The van der Waals surface area contributed by atoms with Gasteiger partial charge in [0.15, 0.2) is 5.58 Å². The summed E-state index contributed by atoms with van der Waals surface area (Å²) in [7, 11) is 2.12. The van der Waals surface area contributed by atoms with Crippen molar-refractivity contribution < 1.29 is 13.9 Å². The van der Waals surface area contributed by atoms with E-state index in [0.29, 0.717) is 24.4 Å². The average Bonchev–Trinajstić information content (AvgIpc) is 3.10. The Labute approximate surface area is 200 Å². The van der Waals surface area contributed by atoms with Crippen molar-refractivity contribution in [2.75, 3.05) is 38.5 Å². The van der Waals surface area contributed by atoms with E-state index in [2.05, 4.69) is 34.3 Å². The summed E-state index contributed by atoms with van der Waals surface area (Å²) in [5.41, 5.74) is 3.07. The van der Waals surface area contributed by atoms with Crippen LogP contribution in [-0.4, -0.2) is 59.6 Å². The molecule has 34 heavy (non-hydrogen) atoms. The predicted molar refractivity (Wildman–Crippen MR) is 133 cm³/mol. The Morgan fingerprint density at radius 3 is 2.65 bits per heavy atom. The Hall–Kier alpha value is -3.10. The predicted octanol–water partition coefficient (Wildman–Crippen LogP) is 3.72. The van der Waals surface area contributed by atoms with Crippen molar-refractivity contribution in [3.8, 4) is 5.75 Å². The molecule has 8 nitrogen and oxygen atoms in total. The molecular weight excluding hydrogens is 432 g/mol. The molecule has 182 valence electrons. The van der Waals surface area contributed by atoms with Gasteiger partial charge in [-0.2, -0.15) is 0 Å². The summed E-state index contributed by atoms with van der Waals surface area (Å²) < 4.78 is 12.7. The van der Waals surface area contributed by atoms with E-state index in [4.69, 9.17) is 9.15 Å². The topological polar surface area (TPSA) is 80.0 Å². The van der Waals surface area contributed by atoms with E-state index in [1.165, 1.54) is 5.56 Å². The summed E-state index contributed by atoms with van der Waals surface area (Å²) in [6.45, 7) is 9.42. The Morgan fingerprint density at radius 2 is 1.94 bits per heavy atom. The normalized spacial score (nSPS) is 17.4. The summed E-state index contributed by atoms with van der Waals surface area (Å²) in [6.07, 6.45) is 0.986. The number of benzene rings is 2. The van der Waals surface area contributed by atoms with Crippen LogP contribution in [-0.2, 0) is 11.3 Å². The van der Waals surface area contributed by atoms with E-state index in [-0.39, 0.29) is 23.8 Å². The van der Waals surface area contributed by atoms with Gasteiger partial charge in [-0.3, -0.25) is 19.2 Å². The first-order chi connectivity index (χ1) is 16.3. The molecule has 0 aliphatic carbocycles. The highest BCUT2D eigenvalue weighted by molar-refractivity contribution is 5.94. The number of aromatic nitrogens is 1. The molecule has 0 bridgehead atoms. The molecule has 0 spiro atoms. The average molecular weight is 467 g/mol. The second-order valence-electron chi connectivity index (χ2n) is 9.22. The molecule has 1 fully saturated rings. The minimum atomic E-state index is -0.368. The number of piperazine rings is 1. The lowest BCUT2D eigenvalue weighted by atomic mass is 10.0. The van der Waals surface area contributed by atoms with Gasteiger partial charge < -0.3 is 14.5 Å². The van der Waals surface area contributed by atoms with E-state index < -0.39 is 0 Å². The highest BCUT2D eigenvalue weighted by Gasteiger charge is 2.27. The molecule has 4 rings (SSSR count). The molecule has 3 aromatic rings. The van der Waals surface area contributed by atoms with Crippen LogP contribution in [0.4, 0.5) is 5.69 Å². The SMILES string of the molecule is CCCn1c(=O)oc2cc(NC(=O)CN3CCN(C)[C@H](c4ccc(OC(C)C)cc4)C3)ccc21. The van der Waals surface area contributed by atoms with E-state index in [0.717, 1.165) is 37.3 Å². The summed E-state index contributed by atoms with van der Waals surface area (Å²) in [5.74, 6) is 0.414. The van der Waals surface area contributed by atoms with Crippen LogP contribution < -0.4 is 15.8 Å². The number of amides is 1. The van der Waals surface area contributed by atoms with Crippen molar-refractivity contribution in [1.29, 1.82) is 0 Å². The minimum absolute atomic E-state index is 0.0846. The molecule has 0 saturated carbocycles. The van der Waals surface area contributed by atoms with Crippen LogP contribution in [0.5, 0.6) is 5.75 Å². The number of ether oxygens (including phenoxy) is 1. The first-order valence-corrected chi connectivity index (χ1v) is 12.0. The van der Waals surface area contributed by atoms with Crippen LogP contribution in [0, 0.1) is 0 Å². The molecular formula is C26H34N4O4. The van der Waals surface area contributed by atoms with Gasteiger partial charge in [0.1, 0.15) is 5.75 Å². The number of hydrogen-bond donors (Lipinski definition) is 1. The van der Waals surface area contributed by atoms with Crippen LogP contribution in [0.25, 0.3) is 11.1 Å². The van der Waals surface area contributed by atoms with Gasteiger partial charge in [0, 0.05) is 44.0 Å². The van der Waals surface area contributed by atoms with Gasteiger partial charge in [-0.25, -0.2) is 4.79 Å². The zero-order valence-electron chi connectivity index (χ0n) is 20.4. The second kappa shape index (κ2) is 10.4. The van der Waals surface area contributed by atoms with Gasteiger partial charge in [0.2, 0.25) is 5.91 Å². The summed E-state index contributed by atoms with van der Waals surface area (Å²) in [6, 6.07) is 13.8. The zero-order chi connectivity index (χ0) is 24.2. The van der Waals surface area contributed by atoms with Crippen molar-refractivity contribution in [3.63, 3.8) is 0 Å². The number of aryl methyl sites for hydroxylation is 1. The van der Waals surface area contributed by atoms with Crippen molar-refractivity contribution in [1.82, 2.24) is 14.4 Å². The fourth-order valence-electron chi connectivity index (χ4n) is 4.46. The maximum atomic E-state index is 12.8. The number of oxazole rings is 1. The maximum Gasteiger partial charge on any atom is 0.419 e. The van der Waals surface area contributed by atoms with Crippen molar-refractivity contribution in [2.24, 2.45) is 0 Å².